The standard InChI is InChI=1S/C15H24N2/c1-2-10-17(15-8-3-4-9-15)12-13-6-5-7-14(16)11-13/h5-7,11,15H,2-4,8-10,12,16H2,1H3. The van der Waals surface area contributed by atoms with Gasteiger partial charge >= 0.3 is 0 Å². The van der Waals surface area contributed by atoms with Gasteiger partial charge in [-0.1, -0.05) is 31.9 Å². The molecule has 2 nitrogen and oxygen atoms in total. The molecule has 2 N–H and O–H groups in total. The topological polar surface area (TPSA) is 29.3 Å². The molecule has 0 saturated heterocycles. The number of hydrogen-bond acceptors (Lipinski definition) is 2. The predicted octanol–water partition coefficient (Wildman–Crippen LogP) is 3.42. The molecule has 0 atom stereocenters. The summed E-state index contributed by atoms with van der Waals surface area (Å²) in [7, 11) is 0. The summed E-state index contributed by atoms with van der Waals surface area (Å²) in [4.78, 5) is 2.64. The summed E-state index contributed by atoms with van der Waals surface area (Å²) < 4.78 is 0. The molecular formula is C15H24N2. The van der Waals surface area contributed by atoms with Crippen LogP contribution in [0.5, 0.6) is 0 Å². The van der Waals surface area contributed by atoms with E-state index in [-0.39, 0.29) is 0 Å². The molecule has 1 saturated carbocycles. The summed E-state index contributed by atoms with van der Waals surface area (Å²) in [5.74, 6) is 0. The molecule has 0 radical (unpaired) electrons. The number of rotatable bonds is 5. The van der Waals surface area contributed by atoms with Gasteiger partial charge in [0.15, 0.2) is 0 Å². The molecule has 1 aromatic carbocycles. The second kappa shape index (κ2) is 6.06. The van der Waals surface area contributed by atoms with Gasteiger partial charge in [-0.3, -0.25) is 4.90 Å². The van der Waals surface area contributed by atoms with Gasteiger partial charge in [0.25, 0.3) is 0 Å². The lowest BCUT2D eigenvalue weighted by atomic mass is 10.1. The molecule has 0 amide bonds. The SMILES string of the molecule is CCCN(Cc1cccc(N)c1)C1CCCC1. The highest BCUT2D eigenvalue weighted by Gasteiger charge is 2.21. The molecule has 94 valence electrons. The molecule has 0 aliphatic heterocycles. The highest BCUT2D eigenvalue weighted by molar-refractivity contribution is 5.40. The molecule has 1 aliphatic rings. The van der Waals surface area contributed by atoms with Crippen LogP contribution in [-0.4, -0.2) is 17.5 Å². The Morgan fingerprint density at radius 2 is 2.06 bits per heavy atom. The molecule has 0 unspecified atom stereocenters. The molecule has 2 rings (SSSR count). The van der Waals surface area contributed by atoms with Crippen LogP contribution in [0.1, 0.15) is 44.6 Å². The minimum absolute atomic E-state index is 0.802. The first-order valence-corrected chi connectivity index (χ1v) is 6.88. The lowest BCUT2D eigenvalue weighted by Gasteiger charge is -2.28. The van der Waals surface area contributed by atoms with Gasteiger partial charge in [-0.05, 0) is 43.5 Å². The summed E-state index contributed by atoms with van der Waals surface area (Å²) >= 11 is 0. The minimum Gasteiger partial charge on any atom is -0.399 e. The Morgan fingerprint density at radius 1 is 1.29 bits per heavy atom. The fourth-order valence-electron chi connectivity index (χ4n) is 2.87. The Balaban J connectivity index is 2.01. The first-order chi connectivity index (χ1) is 8.29. The maximum atomic E-state index is 5.84. The highest BCUT2D eigenvalue weighted by Crippen LogP contribution is 2.25. The third-order valence-electron chi connectivity index (χ3n) is 3.69. The van der Waals surface area contributed by atoms with Crippen molar-refractivity contribution < 1.29 is 0 Å². The van der Waals surface area contributed by atoms with Crippen molar-refractivity contribution in [3.05, 3.63) is 29.8 Å². The number of nitrogen functional groups attached to an aromatic ring is 1. The van der Waals surface area contributed by atoms with Crippen molar-refractivity contribution in [3.8, 4) is 0 Å². The lowest BCUT2D eigenvalue weighted by Crippen LogP contribution is -2.33. The van der Waals surface area contributed by atoms with Crippen LogP contribution in [0.15, 0.2) is 24.3 Å². The van der Waals surface area contributed by atoms with E-state index >= 15 is 0 Å². The Kier molecular flexibility index (Phi) is 4.43. The highest BCUT2D eigenvalue weighted by atomic mass is 15.2. The molecule has 2 heteroatoms. The van der Waals surface area contributed by atoms with Crippen molar-refractivity contribution >= 4 is 5.69 Å². The van der Waals surface area contributed by atoms with E-state index in [1.807, 2.05) is 6.07 Å². The van der Waals surface area contributed by atoms with E-state index in [0.29, 0.717) is 0 Å². The van der Waals surface area contributed by atoms with Crippen molar-refractivity contribution in [2.75, 3.05) is 12.3 Å². The van der Waals surface area contributed by atoms with Crippen LogP contribution in [0.2, 0.25) is 0 Å². The van der Waals surface area contributed by atoms with Crippen molar-refractivity contribution in [2.24, 2.45) is 0 Å². The number of nitrogens with two attached hydrogens (primary N) is 1. The molecule has 1 fully saturated rings. The number of nitrogens with zero attached hydrogens (tertiary/aromatic N) is 1. The van der Waals surface area contributed by atoms with Crippen molar-refractivity contribution in [1.82, 2.24) is 4.90 Å². The smallest absolute Gasteiger partial charge is 0.0317 e. The Labute approximate surface area is 105 Å². The molecule has 0 aromatic heterocycles. The first kappa shape index (κ1) is 12.4. The third-order valence-corrected chi connectivity index (χ3v) is 3.69. The maximum absolute atomic E-state index is 5.84. The zero-order valence-corrected chi connectivity index (χ0v) is 10.9. The van der Waals surface area contributed by atoms with Crippen molar-refractivity contribution in [2.45, 2.75) is 51.6 Å². The van der Waals surface area contributed by atoms with E-state index in [1.165, 1.54) is 44.2 Å². The van der Waals surface area contributed by atoms with Crippen LogP contribution in [0, 0.1) is 0 Å². The lowest BCUT2D eigenvalue weighted by molar-refractivity contribution is 0.190. The van der Waals surface area contributed by atoms with Gasteiger partial charge in [0, 0.05) is 18.3 Å². The molecular weight excluding hydrogens is 208 g/mol. The zero-order valence-electron chi connectivity index (χ0n) is 10.9. The Bertz CT molecular complexity index is 343. The van der Waals surface area contributed by atoms with Crippen LogP contribution < -0.4 is 5.73 Å². The molecule has 0 bridgehead atoms. The Morgan fingerprint density at radius 3 is 2.71 bits per heavy atom. The number of hydrogen-bond donors (Lipinski definition) is 1. The van der Waals surface area contributed by atoms with Gasteiger partial charge in [0.2, 0.25) is 0 Å². The van der Waals surface area contributed by atoms with Gasteiger partial charge < -0.3 is 5.73 Å². The average Bonchev–Trinajstić information content (AvgIpc) is 2.82. The quantitative estimate of drug-likeness (QED) is 0.788. The monoisotopic (exact) mass is 232 g/mol. The largest absolute Gasteiger partial charge is 0.399 e. The molecule has 0 spiro atoms. The Hall–Kier alpha value is -1.02. The fourth-order valence-corrected chi connectivity index (χ4v) is 2.87. The second-order valence-electron chi connectivity index (χ2n) is 5.15. The maximum Gasteiger partial charge on any atom is 0.0317 e. The van der Waals surface area contributed by atoms with E-state index in [4.69, 9.17) is 5.73 Å². The van der Waals surface area contributed by atoms with Crippen molar-refractivity contribution in [1.29, 1.82) is 0 Å². The van der Waals surface area contributed by atoms with Crippen LogP contribution in [0.3, 0.4) is 0 Å². The van der Waals surface area contributed by atoms with E-state index in [9.17, 15) is 0 Å². The predicted molar refractivity (Wildman–Crippen MR) is 73.8 cm³/mol. The van der Waals surface area contributed by atoms with Crippen LogP contribution in [-0.2, 0) is 6.54 Å². The second-order valence-corrected chi connectivity index (χ2v) is 5.15. The first-order valence-electron chi connectivity index (χ1n) is 6.88. The average molecular weight is 232 g/mol. The molecule has 1 aliphatic carbocycles. The van der Waals surface area contributed by atoms with Gasteiger partial charge in [0.1, 0.15) is 0 Å². The summed E-state index contributed by atoms with van der Waals surface area (Å²) in [5, 5.41) is 0. The van der Waals surface area contributed by atoms with Gasteiger partial charge in [0.05, 0.1) is 0 Å². The van der Waals surface area contributed by atoms with E-state index in [2.05, 4.69) is 30.0 Å². The van der Waals surface area contributed by atoms with E-state index in [0.717, 1.165) is 18.3 Å². The minimum atomic E-state index is 0.802. The van der Waals surface area contributed by atoms with Gasteiger partial charge in [-0.2, -0.15) is 0 Å². The van der Waals surface area contributed by atoms with Gasteiger partial charge in [-0.25, -0.2) is 0 Å². The van der Waals surface area contributed by atoms with Crippen molar-refractivity contribution in [3.63, 3.8) is 0 Å². The summed E-state index contributed by atoms with van der Waals surface area (Å²) in [6.45, 7) is 4.53. The summed E-state index contributed by atoms with van der Waals surface area (Å²) in [6, 6.07) is 9.12. The van der Waals surface area contributed by atoms with Crippen LogP contribution >= 0.6 is 0 Å². The number of benzene rings is 1. The number of anilines is 1. The van der Waals surface area contributed by atoms with E-state index < -0.39 is 0 Å². The zero-order chi connectivity index (χ0) is 12.1. The fraction of sp³-hybridized carbons (Fsp3) is 0.600. The normalized spacial score (nSPS) is 16.8. The molecule has 0 heterocycles. The van der Waals surface area contributed by atoms with Gasteiger partial charge in [-0.15, -0.1) is 0 Å². The van der Waals surface area contributed by atoms with Crippen LogP contribution in [0.4, 0.5) is 5.69 Å². The third kappa shape index (κ3) is 3.47. The molecule has 17 heavy (non-hydrogen) atoms. The summed E-state index contributed by atoms with van der Waals surface area (Å²) in [5.41, 5.74) is 8.08. The van der Waals surface area contributed by atoms with Crippen LogP contribution in [0.25, 0.3) is 0 Å². The summed E-state index contributed by atoms with van der Waals surface area (Å²) in [6.07, 6.45) is 6.80. The van der Waals surface area contributed by atoms with E-state index in [1.54, 1.807) is 0 Å². The molecule has 1 aromatic rings.